The standard InChI is InChI=1S/C12H15N3O3/c1-6(2)7-4-8(10(17)5-9(7)16)11-13-14-12(18)15(11)3/h4-6,16-17H,1-3H3,(H,14,18). The molecular formula is C12H15N3O3. The molecule has 3 N–H and O–H groups in total. The number of aromatic nitrogens is 3. The third kappa shape index (κ3) is 1.85. The Labute approximate surface area is 104 Å². The molecule has 6 heteroatoms. The van der Waals surface area contributed by atoms with Crippen molar-refractivity contribution < 1.29 is 10.2 Å². The highest BCUT2D eigenvalue weighted by Crippen LogP contribution is 2.36. The van der Waals surface area contributed by atoms with Crippen LogP contribution in [0.25, 0.3) is 11.4 Å². The molecule has 0 radical (unpaired) electrons. The van der Waals surface area contributed by atoms with Crippen molar-refractivity contribution >= 4 is 0 Å². The van der Waals surface area contributed by atoms with Gasteiger partial charge in [-0.15, -0.1) is 0 Å². The highest BCUT2D eigenvalue weighted by Gasteiger charge is 2.16. The van der Waals surface area contributed by atoms with Crippen LogP contribution < -0.4 is 5.69 Å². The Morgan fingerprint density at radius 2 is 1.94 bits per heavy atom. The lowest BCUT2D eigenvalue weighted by atomic mass is 9.98. The van der Waals surface area contributed by atoms with E-state index in [4.69, 9.17) is 0 Å². The van der Waals surface area contributed by atoms with E-state index in [9.17, 15) is 15.0 Å². The maximum absolute atomic E-state index is 11.3. The van der Waals surface area contributed by atoms with Crippen molar-refractivity contribution in [2.45, 2.75) is 19.8 Å². The van der Waals surface area contributed by atoms with Crippen molar-refractivity contribution in [3.8, 4) is 22.9 Å². The van der Waals surface area contributed by atoms with Crippen molar-refractivity contribution in [1.82, 2.24) is 14.8 Å². The van der Waals surface area contributed by atoms with Gasteiger partial charge in [0.1, 0.15) is 11.5 Å². The first-order valence-corrected chi connectivity index (χ1v) is 5.59. The number of rotatable bonds is 2. The second kappa shape index (κ2) is 4.21. The quantitative estimate of drug-likeness (QED) is 0.748. The van der Waals surface area contributed by atoms with Crippen molar-refractivity contribution in [3.63, 3.8) is 0 Å². The van der Waals surface area contributed by atoms with Crippen molar-refractivity contribution in [2.75, 3.05) is 0 Å². The third-order valence-corrected chi connectivity index (χ3v) is 2.89. The van der Waals surface area contributed by atoms with Gasteiger partial charge in [0.2, 0.25) is 0 Å². The molecule has 6 nitrogen and oxygen atoms in total. The second-order valence-corrected chi connectivity index (χ2v) is 4.49. The minimum atomic E-state index is -0.358. The van der Waals surface area contributed by atoms with Gasteiger partial charge in [0.15, 0.2) is 5.82 Å². The Hall–Kier alpha value is -2.24. The second-order valence-electron chi connectivity index (χ2n) is 4.49. The predicted octanol–water partition coefficient (Wildman–Crippen LogP) is 1.31. The molecule has 0 unspecified atom stereocenters. The minimum absolute atomic E-state index is 0.0341. The number of benzene rings is 1. The van der Waals surface area contributed by atoms with Gasteiger partial charge in [0.25, 0.3) is 0 Å². The molecule has 0 spiro atoms. The lowest BCUT2D eigenvalue weighted by Crippen LogP contribution is -2.13. The molecule has 0 bridgehead atoms. The van der Waals surface area contributed by atoms with Gasteiger partial charge >= 0.3 is 5.69 Å². The van der Waals surface area contributed by atoms with E-state index in [1.807, 2.05) is 13.8 Å². The van der Waals surface area contributed by atoms with Crippen LogP contribution in [-0.2, 0) is 7.05 Å². The summed E-state index contributed by atoms with van der Waals surface area (Å²) in [6, 6.07) is 2.91. The van der Waals surface area contributed by atoms with Crippen LogP contribution in [0.5, 0.6) is 11.5 Å². The van der Waals surface area contributed by atoms with E-state index >= 15 is 0 Å². The van der Waals surface area contributed by atoms with Crippen LogP contribution in [0.2, 0.25) is 0 Å². The summed E-state index contributed by atoms with van der Waals surface area (Å²) in [5.41, 5.74) is 0.749. The van der Waals surface area contributed by atoms with Crippen molar-refractivity contribution in [3.05, 3.63) is 28.2 Å². The summed E-state index contributed by atoms with van der Waals surface area (Å²) in [6.45, 7) is 3.86. The number of hydrogen-bond donors (Lipinski definition) is 3. The monoisotopic (exact) mass is 249 g/mol. The number of phenols is 2. The summed E-state index contributed by atoms with van der Waals surface area (Å²) < 4.78 is 1.30. The summed E-state index contributed by atoms with van der Waals surface area (Å²) in [4.78, 5) is 11.3. The Bertz CT molecular complexity index is 641. The van der Waals surface area contributed by atoms with Gasteiger partial charge in [-0.25, -0.2) is 9.89 Å². The maximum atomic E-state index is 11.3. The van der Waals surface area contributed by atoms with Crippen LogP contribution in [0, 0.1) is 0 Å². The molecule has 1 aromatic carbocycles. The fraction of sp³-hybridized carbons (Fsp3) is 0.333. The van der Waals surface area contributed by atoms with Gasteiger partial charge in [-0.1, -0.05) is 13.8 Å². The molecule has 0 amide bonds. The molecule has 0 fully saturated rings. The number of nitrogens with zero attached hydrogens (tertiary/aromatic N) is 2. The molecule has 1 aromatic heterocycles. The number of nitrogens with one attached hydrogen (secondary N) is 1. The number of phenolic OH excluding ortho intramolecular Hbond substituents is 2. The smallest absolute Gasteiger partial charge is 0.343 e. The summed E-state index contributed by atoms with van der Waals surface area (Å²) in [5.74, 6) is 0.352. The highest BCUT2D eigenvalue weighted by atomic mass is 16.3. The molecule has 1 heterocycles. The molecule has 2 rings (SSSR count). The third-order valence-electron chi connectivity index (χ3n) is 2.89. The van der Waals surface area contributed by atoms with Crippen molar-refractivity contribution in [1.29, 1.82) is 0 Å². The number of hydrogen-bond acceptors (Lipinski definition) is 4. The van der Waals surface area contributed by atoms with E-state index in [-0.39, 0.29) is 23.1 Å². The first kappa shape index (κ1) is 12.2. The zero-order valence-electron chi connectivity index (χ0n) is 10.4. The number of aromatic amines is 1. The highest BCUT2D eigenvalue weighted by molar-refractivity contribution is 5.67. The maximum Gasteiger partial charge on any atom is 0.343 e. The Morgan fingerprint density at radius 3 is 2.44 bits per heavy atom. The molecule has 0 atom stereocenters. The average Bonchev–Trinajstić information content (AvgIpc) is 2.60. The Balaban J connectivity index is 2.68. The van der Waals surface area contributed by atoms with Crippen LogP contribution in [0.15, 0.2) is 16.9 Å². The molecule has 18 heavy (non-hydrogen) atoms. The van der Waals surface area contributed by atoms with Crippen LogP contribution in [0.4, 0.5) is 0 Å². The Morgan fingerprint density at radius 1 is 1.28 bits per heavy atom. The van der Waals surface area contributed by atoms with E-state index in [2.05, 4.69) is 10.2 Å². The van der Waals surface area contributed by atoms with Crippen LogP contribution in [0.3, 0.4) is 0 Å². The molecule has 0 aliphatic carbocycles. The predicted molar refractivity (Wildman–Crippen MR) is 66.7 cm³/mol. The first-order chi connectivity index (χ1) is 8.41. The van der Waals surface area contributed by atoms with Crippen LogP contribution >= 0.6 is 0 Å². The molecule has 96 valence electrons. The number of aromatic hydroxyl groups is 2. The summed E-state index contributed by atoms with van der Waals surface area (Å²) >= 11 is 0. The van der Waals surface area contributed by atoms with E-state index in [0.717, 1.165) is 0 Å². The van der Waals surface area contributed by atoms with Crippen LogP contribution in [0.1, 0.15) is 25.3 Å². The summed E-state index contributed by atoms with van der Waals surface area (Å²) in [6.07, 6.45) is 0. The molecular weight excluding hydrogens is 234 g/mol. The van der Waals surface area contributed by atoms with E-state index < -0.39 is 0 Å². The fourth-order valence-corrected chi connectivity index (χ4v) is 1.82. The zero-order valence-corrected chi connectivity index (χ0v) is 10.4. The SMILES string of the molecule is CC(C)c1cc(-c2n[nH]c(=O)n2C)c(O)cc1O. The lowest BCUT2D eigenvalue weighted by molar-refractivity contribution is 0.444. The normalized spacial score (nSPS) is 11.1. The largest absolute Gasteiger partial charge is 0.508 e. The Kier molecular flexibility index (Phi) is 2.86. The van der Waals surface area contributed by atoms with Gasteiger partial charge in [-0.3, -0.25) is 4.57 Å². The molecule has 0 aliphatic heterocycles. The first-order valence-electron chi connectivity index (χ1n) is 5.59. The van der Waals surface area contributed by atoms with Gasteiger partial charge in [0, 0.05) is 13.1 Å². The minimum Gasteiger partial charge on any atom is -0.508 e. The molecule has 0 saturated carbocycles. The van der Waals surface area contributed by atoms with Crippen molar-refractivity contribution in [2.24, 2.45) is 7.05 Å². The molecule has 0 aliphatic rings. The van der Waals surface area contributed by atoms with Gasteiger partial charge in [0.05, 0.1) is 5.56 Å². The lowest BCUT2D eigenvalue weighted by Gasteiger charge is -2.12. The van der Waals surface area contributed by atoms with Crippen LogP contribution in [-0.4, -0.2) is 25.0 Å². The van der Waals surface area contributed by atoms with E-state index in [0.29, 0.717) is 17.0 Å². The summed E-state index contributed by atoms with van der Waals surface area (Å²) in [7, 11) is 1.56. The van der Waals surface area contributed by atoms with E-state index in [1.165, 1.54) is 10.6 Å². The molecule has 2 aromatic rings. The molecule has 0 saturated heterocycles. The topological polar surface area (TPSA) is 91.1 Å². The van der Waals surface area contributed by atoms with Gasteiger partial charge < -0.3 is 10.2 Å². The van der Waals surface area contributed by atoms with E-state index in [1.54, 1.807) is 13.1 Å². The van der Waals surface area contributed by atoms with Gasteiger partial charge in [-0.05, 0) is 17.5 Å². The fourth-order valence-electron chi connectivity index (χ4n) is 1.82. The van der Waals surface area contributed by atoms with Gasteiger partial charge in [-0.2, -0.15) is 5.10 Å². The average molecular weight is 249 g/mol. The zero-order chi connectivity index (χ0) is 13.4. The summed E-state index contributed by atoms with van der Waals surface area (Å²) in [5, 5.41) is 25.8. The number of H-pyrrole nitrogens is 1.